The normalized spacial score (nSPS) is 30.6. The quantitative estimate of drug-likeness (QED) is 0.645. The van der Waals surface area contributed by atoms with Crippen LogP contribution in [0.25, 0.3) is 0 Å². The summed E-state index contributed by atoms with van der Waals surface area (Å²) in [6.45, 7) is 3.93. The first-order valence-corrected chi connectivity index (χ1v) is 5.46. The molecule has 0 aromatic rings. The first-order valence-electron chi connectivity index (χ1n) is 3.86. The first kappa shape index (κ1) is 9.00. The molecule has 66 valence electrons. The van der Waals surface area contributed by atoms with Crippen molar-refractivity contribution in [3.63, 3.8) is 0 Å². The second kappa shape index (κ2) is 2.45. The van der Waals surface area contributed by atoms with E-state index in [1.165, 1.54) is 0 Å². The van der Waals surface area contributed by atoms with Gasteiger partial charge >= 0.3 is 0 Å². The van der Waals surface area contributed by atoms with Crippen molar-refractivity contribution in [3.05, 3.63) is 0 Å². The van der Waals surface area contributed by atoms with E-state index in [9.17, 15) is 8.42 Å². The highest BCUT2D eigenvalue weighted by molar-refractivity contribution is 7.89. The topological polar surface area (TPSA) is 60.2 Å². The number of hydrogen-bond acceptors (Lipinski definition) is 2. The summed E-state index contributed by atoms with van der Waals surface area (Å²) in [6.07, 6.45) is 2.67. The smallest absolute Gasteiger partial charge is 0.212 e. The molecule has 11 heavy (non-hydrogen) atoms. The van der Waals surface area contributed by atoms with Gasteiger partial charge in [0.15, 0.2) is 0 Å². The fraction of sp³-hybridized carbons (Fsp3) is 1.00. The summed E-state index contributed by atoms with van der Waals surface area (Å²) in [4.78, 5) is 0. The molecule has 0 aromatic carbocycles. The maximum atomic E-state index is 11.0. The minimum atomic E-state index is -3.31. The van der Waals surface area contributed by atoms with Gasteiger partial charge in [0.2, 0.25) is 10.0 Å². The molecule has 0 aliphatic heterocycles. The van der Waals surface area contributed by atoms with E-state index < -0.39 is 10.0 Å². The Morgan fingerprint density at radius 2 is 2.00 bits per heavy atom. The maximum absolute atomic E-state index is 11.0. The van der Waals surface area contributed by atoms with Crippen molar-refractivity contribution in [3.8, 4) is 0 Å². The molecule has 3 nitrogen and oxygen atoms in total. The highest BCUT2D eigenvalue weighted by Crippen LogP contribution is 2.40. The van der Waals surface area contributed by atoms with Gasteiger partial charge in [0.05, 0.1) is 5.25 Å². The largest absolute Gasteiger partial charge is 0.228 e. The van der Waals surface area contributed by atoms with E-state index in [0.29, 0.717) is 0 Å². The molecule has 0 radical (unpaired) electrons. The summed E-state index contributed by atoms with van der Waals surface area (Å²) >= 11 is 0. The van der Waals surface area contributed by atoms with E-state index >= 15 is 0 Å². The van der Waals surface area contributed by atoms with Gasteiger partial charge in [-0.1, -0.05) is 20.3 Å². The third-order valence-corrected chi connectivity index (χ3v) is 4.22. The summed E-state index contributed by atoms with van der Waals surface area (Å²) in [5.41, 5.74) is -0.117. The highest BCUT2D eigenvalue weighted by atomic mass is 32.2. The second-order valence-electron chi connectivity index (χ2n) is 3.96. The minimum Gasteiger partial charge on any atom is -0.228 e. The lowest BCUT2D eigenvalue weighted by Crippen LogP contribution is -2.36. The zero-order valence-electron chi connectivity index (χ0n) is 7.00. The Morgan fingerprint density at radius 3 is 2.18 bits per heavy atom. The van der Waals surface area contributed by atoms with Crippen LogP contribution in [0.1, 0.15) is 33.1 Å². The second-order valence-corrected chi connectivity index (χ2v) is 5.71. The molecule has 1 unspecified atom stereocenters. The zero-order chi connectivity index (χ0) is 8.70. The molecule has 0 aromatic heterocycles. The Kier molecular flexibility index (Phi) is 2.01. The fourth-order valence-electron chi connectivity index (χ4n) is 1.90. The van der Waals surface area contributed by atoms with Crippen LogP contribution in [0.5, 0.6) is 0 Å². The molecule has 1 aliphatic rings. The molecule has 0 spiro atoms. The van der Waals surface area contributed by atoms with Crippen LogP contribution in [0, 0.1) is 5.41 Å². The third-order valence-electron chi connectivity index (χ3n) is 2.56. The van der Waals surface area contributed by atoms with Crippen LogP contribution in [0.3, 0.4) is 0 Å². The SMILES string of the molecule is CC1(C)CCCC1S(N)(=O)=O. The van der Waals surface area contributed by atoms with Gasteiger partial charge in [-0.2, -0.15) is 0 Å². The number of primary sulfonamides is 1. The molecule has 0 amide bonds. The lowest BCUT2D eigenvalue weighted by molar-refractivity contribution is 0.379. The monoisotopic (exact) mass is 177 g/mol. The van der Waals surface area contributed by atoms with Crippen LogP contribution in [0.2, 0.25) is 0 Å². The van der Waals surface area contributed by atoms with Crippen LogP contribution in [0.4, 0.5) is 0 Å². The van der Waals surface area contributed by atoms with Crippen LogP contribution in [-0.4, -0.2) is 13.7 Å². The number of nitrogens with two attached hydrogens (primary N) is 1. The molecule has 4 heteroatoms. The predicted molar refractivity (Wildman–Crippen MR) is 44.5 cm³/mol. The van der Waals surface area contributed by atoms with Gasteiger partial charge < -0.3 is 0 Å². The predicted octanol–water partition coefficient (Wildman–Crippen LogP) is 0.854. The van der Waals surface area contributed by atoms with Crippen molar-refractivity contribution in [1.82, 2.24) is 0 Å². The van der Waals surface area contributed by atoms with Crippen LogP contribution < -0.4 is 5.14 Å². The molecule has 1 aliphatic carbocycles. The summed E-state index contributed by atoms with van der Waals surface area (Å²) in [5.74, 6) is 0. The summed E-state index contributed by atoms with van der Waals surface area (Å²) in [7, 11) is -3.31. The van der Waals surface area contributed by atoms with Gasteiger partial charge in [0.1, 0.15) is 0 Å². The molecule has 2 N–H and O–H groups in total. The molecule has 0 saturated heterocycles. The average Bonchev–Trinajstić information content (AvgIpc) is 2.06. The van der Waals surface area contributed by atoms with E-state index in [2.05, 4.69) is 0 Å². The molecule has 0 bridgehead atoms. The summed E-state index contributed by atoms with van der Waals surface area (Å²) < 4.78 is 22.1. The molecular weight excluding hydrogens is 162 g/mol. The Morgan fingerprint density at radius 1 is 1.45 bits per heavy atom. The molecule has 1 fully saturated rings. The summed E-state index contributed by atoms with van der Waals surface area (Å²) in [6, 6.07) is 0. The minimum absolute atomic E-state index is 0.117. The van der Waals surface area contributed by atoms with Gasteiger partial charge in [-0.15, -0.1) is 0 Å². The lowest BCUT2D eigenvalue weighted by Gasteiger charge is -2.24. The van der Waals surface area contributed by atoms with E-state index in [1.807, 2.05) is 13.8 Å². The van der Waals surface area contributed by atoms with E-state index in [-0.39, 0.29) is 10.7 Å². The zero-order valence-corrected chi connectivity index (χ0v) is 7.82. The Balaban J connectivity index is 2.91. The molecule has 1 rings (SSSR count). The van der Waals surface area contributed by atoms with Gasteiger partial charge in [-0.05, 0) is 18.3 Å². The molecule has 1 saturated carbocycles. The van der Waals surface area contributed by atoms with Crippen molar-refractivity contribution < 1.29 is 8.42 Å². The van der Waals surface area contributed by atoms with Crippen LogP contribution in [-0.2, 0) is 10.0 Å². The Bertz CT molecular complexity index is 243. The Labute approximate surface area is 68.0 Å². The number of sulfonamides is 1. The average molecular weight is 177 g/mol. The standard InChI is InChI=1S/C7H15NO2S/c1-7(2)5-3-4-6(7)11(8,9)10/h6H,3-5H2,1-2H3,(H2,8,9,10). The Hall–Kier alpha value is -0.0900. The van der Waals surface area contributed by atoms with Gasteiger partial charge in [0, 0.05) is 0 Å². The molecule has 1 atom stereocenters. The van der Waals surface area contributed by atoms with Crippen molar-refractivity contribution >= 4 is 10.0 Å². The number of hydrogen-bond donors (Lipinski definition) is 1. The number of rotatable bonds is 1. The molecular formula is C7H15NO2S. The van der Waals surface area contributed by atoms with Gasteiger partial charge in [0.25, 0.3) is 0 Å². The fourth-order valence-corrected chi connectivity index (χ4v) is 3.41. The van der Waals surface area contributed by atoms with Crippen LogP contribution in [0.15, 0.2) is 0 Å². The highest BCUT2D eigenvalue weighted by Gasteiger charge is 2.41. The maximum Gasteiger partial charge on any atom is 0.212 e. The first-order chi connectivity index (χ1) is 4.84. The van der Waals surface area contributed by atoms with Gasteiger partial charge in [-0.3, -0.25) is 0 Å². The van der Waals surface area contributed by atoms with Crippen molar-refractivity contribution in [1.29, 1.82) is 0 Å². The molecule has 0 heterocycles. The van der Waals surface area contributed by atoms with E-state index in [1.54, 1.807) is 0 Å². The van der Waals surface area contributed by atoms with Crippen molar-refractivity contribution in [2.45, 2.75) is 38.4 Å². The van der Waals surface area contributed by atoms with E-state index in [0.717, 1.165) is 19.3 Å². The van der Waals surface area contributed by atoms with Gasteiger partial charge in [-0.25, -0.2) is 13.6 Å². The van der Waals surface area contributed by atoms with Crippen LogP contribution >= 0.6 is 0 Å². The van der Waals surface area contributed by atoms with E-state index in [4.69, 9.17) is 5.14 Å². The third kappa shape index (κ3) is 1.73. The van der Waals surface area contributed by atoms with Crippen molar-refractivity contribution in [2.75, 3.05) is 0 Å². The lowest BCUT2D eigenvalue weighted by atomic mass is 9.92. The summed E-state index contributed by atoms with van der Waals surface area (Å²) in [5, 5.41) is 4.76. The van der Waals surface area contributed by atoms with Crippen molar-refractivity contribution in [2.24, 2.45) is 10.6 Å².